The molecule has 1 aliphatic heterocycles. The van der Waals surface area contributed by atoms with Crippen molar-refractivity contribution < 1.29 is 14.6 Å². The SMILES string of the molecule is COc1ccc(C(=O)N2CC(N)(C3CC3)C2)c(O)c1. The van der Waals surface area contributed by atoms with Crippen molar-refractivity contribution in [3.8, 4) is 11.5 Å². The lowest BCUT2D eigenvalue weighted by Crippen LogP contribution is -2.69. The lowest BCUT2D eigenvalue weighted by Gasteiger charge is -2.48. The van der Waals surface area contributed by atoms with Gasteiger partial charge >= 0.3 is 0 Å². The fourth-order valence-electron chi connectivity index (χ4n) is 2.71. The molecule has 2 aliphatic rings. The monoisotopic (exact) mass is 262 g/mol. The average molecular weight is 262 g/mol. The number of phenols is 1. The number of methoxy groups -OCH3 is 1. The van der Waals surface area contributed by atoms with E-state index in [0.29, 0.717) is 30.3 Å². The van der Waals surface area contributed by atoms with Crippen molar-refractivity contribution in [3.05, 3.63) is 23.8 Å². The molecule has 1 aliphatic carbocycles. The number of benzene rings is 1. The molecule has 3 rings (SSSR count). The van der Waals surface area contributed by atoms with Crippen molar-refractivity contribution in [2.45, 2.75) is 18.4 Å². The van der Waals surface area contributed by atoms with Crippen molar-refractivity contribution in [1.82, 2.24) is 4.90 Å². The number of nitrogens with two attached hydrogens (primary N) is 1. The van der Waals surface area contributed by atoms with E-state index in [-0.39, 0.29) is 17.2 Å². The number of phenolic OH excluding ortho intramolecular Hbond substituents is 1. The van der Waals surface area contributed by atoms with Crippen LogP contribution in [0.3, 0.4) is 0 Å². The molecular formula is C14H18N2O3. The number of nitrogens with zero attached hydrogens (tertiary/aromatic N) is 1. The Morgan fingerprint density at radius 2 is 2.16 bits per heavy atom. The molecule has 1 amide bonds. The van der Waals surface area contributed by atoms with Gasteiger partial charge in [-0.05, 0) is 30.9 Å². The minimum absolute atomic E-state index is 0.0507. The van der Waals surface area contributed by atoms with Crippen molar-refractivity contribution in [3.63, 3.8) is 0 Å². The van der Waals surface area contributed by atoms with Crippen LogP contribution in [0.4, 0.5) is 0 Å². The van der Waals surface area contributed by atoms with Crippen LogP contribution in [0.2, 0.25) is 0 Å². The van der Waals surface area contributed by atoms with Gasteiger partial charge in [0.1, 0.15) is 11.5 Å². The van der Waals surface area contributed by atoms with E-state index in [2.05, 4.69) is 0 Å². The molecular weight excluding hydrogens is 244 g/mol. The van der Waals surface area contributed by atoms with Crippen LogP contribution in [0.25, 0.3) is 0 Å². The Morgan fingerprint density at radius 1 is 1.47 bits per heavy atom. The van der Waals surface area contributed by atoms with E-state index in [1.165, 1.54) is 26.0 Å². The molecule has 5 nitrogen and oxygen atoms in total. The Kier molecular flexibility index (Phi) is 2.67. The van der Waals surface area contributed by atoms with Crippen LogP contribution in [0, 0.1) is 5.92 Å². The van der Waals surface area contributed by atoms with E-state index in [1.807, 2.05) is 0 Å². The highest BCUT2D eigenvalue weighted by molar-refractivity contribution is 5.97. The van der Waals surface area contributed by atoms with Gasteiger partial charge in [0.25, 0.3) is 5.91 Å². The van der Waals surface area contributed by atoms with Gasteiger partial charge in [0.2, 0.25) is 0 Å². The maximum Gasteiger partial charge on any atom is 0.257 e. The molecule has 0 radical (unpaired) electrons. The lowest BCUT2D eigenvalue weighted by molar-refractivity contribution is 0.0348. The second-order valence-corrected chi connectivity index (χ2v) is 5.55. The van der Waals surface area contributed by atoms with Gasteiger partial charge in [-0.2, -0.15) is 0 Å². The van der Waals surface area contributed by atoms with Crippen molar-refractivity contribution in [2.24, 2.45) is 11.7 Å². The smallest absolute Gasteiger partial charge is 0.257 e. The average Bonchev–Trinajstić information content (AvgIpc) is 3.18. The number of rotatable bonds is 3. The summed E-state index contributed by atoms with van der Waals surface area (Å²) in [5.41, 5.74) is 6.33. The fourth-order valence-corrected chi connectivity index (χ4v) is 2.71. The molecule has 1 saturated carbocycles. The Balaban J connectivity index is 1.71. The van der Waals surface area contributed by atoms with Gasteiger partial charge in [-0.3, -0.25) is 4.79 Å². The van der Waals surface area contributed by atoms with E-state index in [4.69, 9.17) is 10.5 Å². The number of amides is 1. The zero-order valence-electron chi connectivity index (χ0n) is 10.9. The first-order chi connectivity index (χ1) is 9.03. The van der Waals surface area contributed by atoms with Crippen LogP contribution in [-0.4, -0.2) is 41.7 Å². The summed E-state index contributed by atoms with van der Waals surface area (Å²) in [7, 11) is 1.52. The highest BCUT2D eigenvalue weighted by Gasteiger charge is 2.51. The number of ether oxygens (including phenoxy) is 1. The number of hydrogen-bond donors (Lipinski definition) is 2. The van der Waals surface area contributed by atoms with Gasteiger partial charge in [-0.25, -0.2) is 0 Å². The third-order valence-electron chi connectivity index (χ3n) is 4.08. The van der Waals surface area contributed by atoms with Gasteiger partial charge in [0, 0.05) is 19.2 Å². The van der Waals surface area contributed by atoms with Crippen molar-refractivity contribution >= 4 is 5.91 Å². The first-order valence-corrected chi connectivity index (χ1v) is 6.49. The lowest BCUT2D eigenvalue weighted by atomic mass is 9.85. The summed E-state index contributed by atoms with van der Waals surface area (Å²) in [6.45, 7) is 1.17. The molecule has 0 atom stereocenters. The predicted octanol–water partition coefficient (Wildman–Crippen LogP) is 0.964. The number of aromatic hydroxyl groups is 1. The van der Waals surface area contributed by atoms with E-state index < -0.39 is 0 Å². The topological polar surface area (TPSA) is 75.8 Å². The molecule has 102 valence electrons. The zero-order chi connectivity index (χ0) is 13.6. The van der Waals surface area contributed by atoms with Crippen LogP contribution in [0.1, 0.15) is 23.2 Å². The molecule has 3 N–H and O–H groups in total. The van der Waals surface area contributed by atoms with Crippen LogP contribution in [0.15, 0.2) is 18.2 Å². The normalized spacial score (nSPS) is 20.8. The maximum atomic E-state index is 12.2. The Bertz CT molecular complexity index is 519. The quantitative estimate of drug-likeness (QED) is 0.851. The second-order valence-electron chi connectivity index (χ2n) is 5.55. The Hall–Kier alpha value is -1.75. The molecule has 0 bridgehead atoms. The molecule has 0 spiro atoms. The summed E-state index contributed by atoms with van der Waals surface area (Å²) in [6, 6.07) is 4.71. The second kappa shape index (κ2) is 4.13. The molecule has 1 heterocycles. The van der Waals surface area contributed by atoms with Gasteiger partial charge < -0.3 is 20.5 Å². The number of carbonyl (C=O) groups is 1. The van der Waals surface area contributed by atoms with E-state index >= 15 is 0 Å². The van der Waals surface area contributed by atoms with Gasteiger partial charge in [-0.15, -0.1) is 0 Å². The van der Waals surface area contributed by atoms with Gasteiger partial charge in [0.05, 0.1) is 18.2 Å². The summed E-state index contributed by atoms with van der Waals surface area (Å²) < 4.78 is 5.00. The number of carbonyl (C=O) groups excluding carboxylic acids is 1. The highest BCUT2D eigenvalue weighted by atomic mass is 16.5. The van der Waals surface area contributed by atoms with Crippen LogP contribution >= 0.6 is 0 Å². The first kappa shape index (κ1) is 12.3. The third-order valence-corrected chi connectivity index (χ3v) is 4.08. The molecule has 1 saturated heterocycles. The van der Waals surface area contributed by atoms with E-state index in [0.717, 1.165) is 0 Å². The zero-order valence-corrected chi connectivity index (χ0v) is 10.9. The van der Waals surface area contributed by atoms with Crippen LogP contribution in [0.5, 0.6) is 11.5 Å². The standard InChI is InChI=1S/C14H18N2O3/c1-19-10-4-5-11(12(17)6-10)13(18)16-7-14(15,8-16)9-2-3-9/h4-6,9,17H,2-3,7-8,15H2,1H3. The molecule has 2 fully saturated rings. The Morgan fingerprint density at radius 3 is 2.68 bits per heavy atom. The van der Waals surface area contributed by atoms with Gasteiger partial charge in [-0.1, -0.05) is 0 Å². The third kappa shape index (κ3) is 2.04. The maximum absolute atomic E-state index is 12.2. The minimum Gasteiger partial charge on any atom is -0.507 e. The fraction of sp³-hybridized carbons (Fsp3) is 0.500. The summed E-state index contributed by atoms with van der Waals surface area (Å²) in [5.74, 6) is 0.886. The summed E-state index contributed by atoms with van der Waals surface area (Å²) >= 11 is 0. The number of likely N-dealkylation sites (tertiary alicyclic amines) is 1. The van der Waals surface area contributed by atoms with E-state index in [1.54, 1.807) is 17.0 Å². The summed E-state index contributed by atoms with van der Waals surface area (Å²) in [4.78, 5) is 13.9. The van der Waals surface area contributed by atoms with E-state index in [9.17, 15) is 9.90 Å². The molecule has 1 aromatic rings. The minimum atomic E-state index is -0.197. The predicted molar refractivity (Wildman–Crippen MR) is 70.2 cm³/mol. The molecule has 5 heteroatoms. The molecule has 1 aromatic carbocycles. The van der Waals surface area contributed by atoms with Crippen molar-refractivity contribution in [1.29, 1.82) is 0 Å². The molecule has 0 unspecified atom stereocenters. The molecule has 19 heavy (non-hydrogen) atoms. The largest absolute Gasteiger partial charge is 0.507 e. The van der Waals surface area contributed by atoms with Crippen LogP contribution in [-0.2, 0) is 0 Å². The van der Waals surface area contributed by atoms with Crippen molar-refractivity contribution in [2.75, 3.05) is 20.2 Å². The molecule has 0 aromatic heterocycles. The Labute approximate surface area is 112 Å². The van der Waals surface area contributed by atoms with Crippen LogP contribution < -0.4 is 10.5 Å². The van der Waals surface area contributed by atoms with Gasteiger partial charge in [0.15, 0.2) is 0 Å². The summed E-state index contributed by atoms with van der Waals surface area (Å²) in [6.07, 6.45) is 2.35. The first-order valence-electron chi connectivity index (χ1n) is 6.49. The summed E-state index contributed by atoms with van der Waals surface area (Å²) in [5, 5.41) is 9.85. The highest BCUT2D eigenvalue weighted by Crippen LogP contribution is 2.43. The number of hydrogen-bond acceptors (Lipinski definition) is 4.